The van der Waals surface area contributed by atoms with E-state index in [9.17, 15) is 0 Å². The molecule has 0 aromatic carbocycles. The Kier molecular flexibility index (Phi) is 2.26. The normalized spacial score (nSPS) is 21.7. The van der Waals surface area contributed by atoms with Crippen molar-refractivity contribution in [1.82, 2.24) is 0 Å². The molecule has 0 N–H and O–H groups in total. The second-order valence-corrected chi connectivity index (χ2v) is 3.44. The van der Waals surface area contributed by atoms with Gasteiger partial charge in [-0.25, -0.2) is 0 Å². The first kappa shape index (κ1) is 7.60. The Morgan fingerprint density at radius 1 is 0.583 bits per heavy atom. The van der Waals surface area contributed by atoms with Crippen LogP contribution in [0.3, 0.4) is 0 Å². The van der Waals surface area contributed by atoms with Crippen molar-refractivity contribution >= 4 is 0 Å². The highest BCUT2D eigenvalue weighted by Gasteiger charge is 2.08. The number of allylic oxidation sites excluding steroid dienone is 8. The van der Waals surface area contributed by atoms with Gasteiger partial charge in [0.1, 0.15) is 0 Å². The molecule has 0 aliphatic heterocycles. The Morgan fingerprint density at radius 3 is 1.25 bits per heavy atom. The van der Waals surface area contributed by atoms with Gasteiger partial charge in [0, 0.05) is 0 Å². The van der Waals surface area contributed by atoms with Gasteiger partial charge in [0.25, 0.3) is 0 Å². The first-order valence-corrected chi connectivity index (χ1v) is 4.65. The van der Waals surface area contributed by atoms with E-state index in [0.717, 1.165) is 0 Å². The van der Waals surface area contributed by atoms with Crippen molar-refractivity contribution in [1.29, 1.82) is 0 Å². The Morgan fingerprint density at radius 2 is 0.917 bits per heavy atom. The molecule has 0 fully saturated rings. The first-order valence-electron chi connectivity index (χ1n) is 4.65. The molecule has 0 atom stereocenters. The predicted molar refractivity (Wildman–Crippen MR) is 52.8 cm³/mol. The molecule has 0 aromatic heterocycles. The maximum atomic E-state index is 2.28. The SMILES string of the molecule is C1=CC(CCC2C=CC=C2)C=C1. The monoisotopic (exact) mass is 158 g/mol. The van der Waals surface area contributed by atoms with Crippen LogP contribution in [0.4, 0.5) is 0 Å². The van der Waals surface area contributed by atoms with E-state index in [1.54, 1.807) is 0 Å². The predicted octanol–water partition coefficient (Wildman–Crippen LogP) is 3.25. The molecule has 0 spiro atoms. The lowest BCUT2D eigenvalue weighted by atomic mass is 9.98. The van der Waals surface area contributed by atoms with Gasteiger partial charge >= 0.3 is 0 Å². The number of hydrogen-bond acceptors (Lipinski definition) is 0. The maximum absolute atomic E-state index is 2.28. The van der Waals surface area contributed by atoms with E-state index in [1.165, 1.54) is 12.8 Å². The minimum Gasteiger partial charge on any atom is -0.0776 e. The fourth-order valence-corrected chi connectivity index (χ4v) is 1.73. The van der Waals surface area contributed by atoms with E-state index in [2.05, 4.69) is 48.6 Å². The van der Waals surface area contributed by atoms with Gasteiger partial charge in [0.05, 0.1) is 0 Å². The summed E-state index contributed by atoms with van der Waals surface area (Å²) < 4.78 is 0. The molecule has 0 unspecified atom stereocenters. The lowest BCUT2D eigenvalue weighted by molar-refractivity contribution is 0.604. The van der Waals surface area contributed by atoms with E-state index in [-0.39, 0.29) is 0 Å². The average Bonchev–Trinajstić information content (AvgIpc) is 2.74. The fraction of sp³-hybridized carbons (Fsp3) is 0.333. The van der Waals surface area contributed by atoms with Gasteiger partial charge in [-0.2, -0.15) is 0 Å². The Labute approximate surface area is 74.0 Å². The van der Waals surface area contributed by atoms with Crippen LogP contribution in [0, 0.1) is 11.8 Å². The third kappa shape index (κ3) is 1.76. The zero-order valence-corrected chi connectivity index (χ0v) is 7.19. The fourth-order valence-electron chi connectivity index (χ4n) is 1.73. The van der Waals surface area contributed by atoms with Crippen molar-refractivity contribution < 1.29 is 0 Å². The Bertz CT molecular complexity index is 201. The molecular formula is C12H14. The smallest absolute Gasteiger partial charge is 0.00469 e. The molecule has 0 amide bonds. The second-order valence-electron chi connectivity index (χ2n) is 3.44. The highest BCUT2D eigenvalue weighted by molar-refractivity contribution is 5.19. The minimum atomic E-state index is 0.701. The van der Waals surface area contributed by atoms with Crippen LogP contribution in [0.2, 0.25) is 0 Å². The molecule has 0 aromatic rings. The first-order chi connectivity index (χ1) is 5.95. The Balaban J connectivity index is 1.74. The van der Waals surface area contributed by atoms with E-state index in [1.807, 2.05) is 0 Å². The third-order valence-corrected chi connectivity index (χ3v) is 2.49. The molecule has 62 valence electrons. The van der Waals surface area contributed by atoms with Crippen molar-refractivity contribution in [2.24, 2.45) is 11.8 Å². The largest absolute Gasteiger partial charge is 0.0776 e. The molecule has 2 aliphatic rings. The zero-order chi connectivity index (χ0) is 8.23. The van der Waals surface area contributed by atoms with Gasteiger partial charge in [0.15, 0.2) is 0 Å². The quantitative estimate of drug-likeness (QED) is 0.591. The van der Waals surface area contributed by atoms with Crippen LogP contribution in [0.15, 0.2) is 48.6 Å². The van der Waals surface area contributed by atoms with E-state index in [0.29, 0.717) is 11.8 Å². The van der Waals surface area contributed by atoms with Crippen LogP contribution in [0.25, 0.3) is 0 Å². The molecule has 0 heteroatoms. The van der Waals surface area contributed by atoms with Crippen LogP contribution in [-0.2, 0) is 0 Å². The van der Waals surface area contributed by atoms with Crippen LogP contribution in [0.5, 0.6) is 0 Å². The van der Waals surface area contributed by atoms with Gasteiger partial charge in [-0.1, -0.05) is 48.6 Å². The van der Waals surface area contributed by atoms with Gasteiger partial charge in [-0.15, -0.1) is 0 Å². The van der Waals surface area contributed by atoms with Gasteiger partial charge in [0.2, 0.25) is 0 Å². The Hall–Kier alpha value is -1.04. The summed E-state index contributed by atoms with van der Waals surface area (Å²) in [6, 6.07) is 0. The summed E-state index contributed by atoms with van der Waals surface area (Å²) in [6.07, 6.45) is 20.3. The van der Waals surface area contributed by atoms with Crippen LogP contribution < -0.4 is 0 Å². The second kappa shape index (κ2) is 3.57. The molecule has 0 nitrogen and oxygen atoms in total. The third-order valence-electron chi connectivity index (χ3n) is 2.49. The number of rotatable bonds is 3. The highest BCUT2D eigenvalue weighted by Crippen LogP contribution is 2.22. The van der Waals surface area contributed by atoms with Crippen molar-refractivity contribution in [3.63, 3.8) is 0 Å². The number of hydrogen-bond donors (Lipinski definition) is 0. The average molecular weight is 158 g/mol. The highest BCUT2D eigenvalue weighted by atomic mass is 14.1. The molecule has 0 saturated heterocycles. The standard InChI is InChI=1S/C12H14/c1-2-6-11(5-1)9-10-12-7-3-4-8-12/h1-8,11-12H,9-10H2. The molecule has 0 heterocycles. The topological polar surface area (TPSA) is 0 Å². The van der Waals surface area contributed by atoms with Crippen LogP contribution >= 0.6 is 0 Å². The molecule has 12 heavy (non-hydrogen) atoms. The van der Waals surface area contributed by atoms with E-state index < -0.39 is 0 Å². The summed E-state index contributed by atoms with van der Waals surface area (Å²) in [5.74, 6) is 1.40. The molecule has 0 radical (unpaired) electrons. The van der Waals surface area contributed by atoms with Crippen molar-refractivity contribution in [3.05, 3.63) is 48.6 Å². The summed E-state index contributed by atoms with van der Waals surface area (Å²) >= 11 is 0. The van der Waals surface area contributed by atoms with Crippen LogP contribution in [-0.4, -0.2) is 0 Å². The van der Waals surface area contributed by atoms with E-state index >= 15 is 0 Å². The molecule has 2 rings (SSSR count). The molecule has 2 aliphatic carbocycles. The van der Waals surface area contributed by atoms with Gasteiger partial charge in [-0.05, 0) is 24.7 Å². The van der Waals surface area contributed by atoms with Gasteiger partial charge < -0.3 is 0 Å². The lowest BCUT2D eigenvalue weighted by Gasteiger charge is -2.07. The molecule has 0 bridgehead atoms. The van der Waals surface area contributed by atoms with E-state index in [4.69, 9.17) is 0 Å². The zero-order valence-electron chi connectivity index (χ0n) is 7.19. The van der Waals surface area contributed by atoms with Crippen molar-refractivity contribution in [2.75, 3.05) is 0 Å². The summed E-state index contributed by atoms with van der Waals surface area (Å²) in [4.78, 5) is 0. The van der Waals surface area contributed by atoms with Crippen molar-refractivity contribution in [3.8, 4) is 0 Å². The summed E-state index contributed by atoms with van der Waals surface area (Å²) in [6.45, 7) is 0. The van der Waals surface area contributed by atoms with Crippen LogP contribution in [0.1, 0.15) is 12.8 Å². The van der Waals surface area contributed by atoms with Crippen molar-refractivity contribution in [2.45, 2.75) is 12.8 Å². The lowest BCUT2D eigenvalue weighted by Crippen LogP contribution is -1.95. The summed E-state index contributed by atoms with van der Waals surface area (Å²) in [7, 11) is 0. The molecular weight excluding hydrogens is 144 g/mol. The molecule has 0 saturated carbocycles. The van der Waals surface area contributed by atoms with Gasteiger partial charge in [-0.3, -0.25) is 0 Å². The maximum Gasteiger partial charge on any atom is -0.00469 e. The summed E-state index contributed by atoms with van der Waals surface area (Å²) in [5, 5.41) is 0. The summed E-state index contributed by atoms with van der Waals surface area (Å²) in [5.41, 5.74) is 0. The minimum absolute atomic E-state index is 0.701.